The number of aliphatic hydroxyl groups excluding tert-OH is 1. The molecule has 3 rings (SSSR count). The minimum absolute atomic E-state index is 0.170. The molecule has 2 aliphatic rings. The van der Waals surface area contributed by atoms with E-state index in [0.717, 1.165) is 24.4 Å². The lowest BCUT2D eigenvalue weighted by atomic mass is 9.80. The Morgan fingerprint density at radius 2 is 1.80 bits per heavy atom. The van der Waals surface area contributed by atoms with Crippen LogP contribution in [-0.2, 0) is 0 Å². The van der Waals surface area contributed by atoms with Crippen molar-refractivity contribution >= 4 is 0 Å². The third kappa shape index (κ3) is 2.13. The van der Waals surface area contributed by atoms with Crippen molar-refractivity contribution in [2.75, 3.05) is 13.1 Å². The average molecular weight is 275 g/mol. The summed E-state index contributed by atoms with van der Waals surface area (Å²) in [6.45, 7) is 12.6. The molecule has 2 aliphatic heterocycles. The Bertz CT molecular complexity index is 539. The van der Waals surface area contributed by atoms with Crippen molar-refractivity contribution in [1.82, 2.24) is 4.90 Å². The number of fused-ring (bicyclic) bond motifs is 1. The highest BCUT2D eigenvalue weighted by Gasteiger charge is 2.52. The number of aliphatic hydroxyl groups is 1. The van der Waals surface area contributed by atoms with Crippen molar-refractivity contribution in [2.24, 2.45) is 0 Å². The van der Waals surface area contributed by atoms with Crippen molar-refractivity contribution in [3.05, 3.63) is 28.8 Å². The molecule has 0 radical (unpaired) electrons. The number of aryl methyl sites for hydroxylation is 2. The first-order valence-corrected chi connectivity index (χ1v) is 7.43. The van der Waals surface area contributed by atoms with Gasteiger partial charge in [0, 0.05) is 30.6 Å². The number of hydrogen-bond acceptors (Lipinski definition) is 3. The molecule has 3 heteroatoms. The quantitative estimate of drug-likeness (QED) is 0.790. The molecule has 0 bridgehead atoms. The van der Waals surface area contributed by atoms with Gasteiger partial charge in [0.1, 0.15) is 11.4 Å². The number of benzene rings is 1. The van der Waals surface area contributed by atoms with Crippen LogP contribution in [0.1, 0.15) is 50.0 Å². The molecule has 1 unspecified atom stereocenters. The van der Waals surface area contributed by atoms with E-state index in [9.17, 15) is 5.11 Å². The van der Waals surface area contributed by atoms with Crippen LogP contribution in [0.5, 0.6) is 5.75 Å². The number of hydrogen-bond donors (Lipinski definition) is 1. The zero-order chi connectivity index (χ0) is 14.7. The molecule has 2 heterocycles. The molecule has 3 nitrogen and oxygen atoms in total. The van der Waals surface area contributed by atoms with E-state index < -0.39 is 6.10 Å². The van der Waals surface area contributed by atoms with Gasteiger partial charge in [-0.1, -0.05) is 0 Å². The Morgan fingerprint density at radius 3 is 2.40 bits per heavy atom. The van der Waals surface area contributed by atoms with E-state index in [1.165, 1.54) is 11.1 Å². The van der Waals surface area contributed by atoms with Crippen LogP contribution >= 0.6 is 0 Å². The summed E-state index contributed by atoms with van der Waals surface area (Å²) in [7, 11) is 0. The third-order valence-corrected chi connectivity index (χ3v) is 4.78. The second-order valence-corrected chi connectivity index (χ2v) is 7.51. The summed E-state index contributed by atoms with van der Waals surface area (Å²) in [4.78, 5) is 2.41. The van der Waals surface area contributed by atoms with E-state index in [1.807, 2.05) is 0 Å². The van der Waals surface area contributed by atoms with E-state index >= 15 is 0 Å². The first-order valence-electron chi connectivity index (χ1n) is 7.43. The van der Waals surface area contributed by atoms with Gasteiger partial charge in [0.25, 0.3) is 0 Å². The van der Waals surface area contributed by atoms with Gasteiger partial charge in [-0.25, -0.2) is 0 Å². The van der Waals surface area contributed by atoms with Gasteiger partial charge in [-0.05, 0) is 57.9 Å². The van der Waals surface area contributed by atoms with Gasteiger partial charge < -0.3 is 9.84 Å². The summed E-state index contributed by atoms with van der Waals surface area (Å²) >= 11 is 0. The fourth-order valence-electron chi connectivity index (χ4n) is 3.22. The fourth-order valence-corrected chi connectivity index (χ4v) is 3.22. The largest absolute Gasteiger partial charge is 0.484 e. The van der Waals surface area contributed by atoms with E-state index in [0.29, 0.717) is 6.42 Å². The molecule has 1 aromatic rings. The Balaban J connectivity index is 1.86. The highest BCUT2D eigenvalue weighted by Crippen LogP contribution is 2.46. The molecule has 1 fully saturated rings. The van der Waals surface area contributed by atoms with Crippen LogP contribution in [-0.4, -0.2) is 34.2 Å². The zero-order valence-corrected chi connectivity index (χ0v) is 13.2. The van der Waals surface area contributed by atoms with Gasteiger partial charge in [-0.3, -0.25) is 4.90 Å². The molecule has 0 aliphatic carbocycles. The van der Waals surface area contributed by atoms with Crippen LogP contribution in [0, 0.1) is 13.8 Å². The summed E-state index contributed by atoms with van der Waals surface area (Å²) in [5, 5.41) is 10.5. The Kier molecular flexibility index (Phi) is 2.93. The number of ether oxygens (including phenoxy) is 1. The lowest BCUT2D eigenvalue weighted by Gasteiger charge is -2.57. The van der Waals surface area contributed by atoms with Gasteiger partial charge in [0.2, 0.25) is 0 Å². The molecule has 1 atom stereocenters. The summed E-state index contributed by atoms with van der Waals surface area (Å²) < 4.78 is 6.29. The first kappa shape index (κ1) is 13.9. The molecule has 20 heavy (non-hydrogen) atoms. The topological polar surface area (TPSA) is 32.7 Å². The second kappa shape index (κ2) is 4.22. The third-order valence-electron chi connectivity index (χ3n) is 4.78. The highest BCUT2D eigenvalue weighted by molar-refractivity contribution is 5.45. The summed E-state index contributed by atoms with van der Waals surface area (Å²) in [5.41, 5.74) is 3.37. The summed E-state index contributed by atoms with van der Waals surface area (Å²) in [5.74, 6) is 0.875. The summed E-state index contributed by atoms with van der Waals surface area (Å²) in [6.07, 6.45) is 0.301. The Hall–Kier alpha value is -1.06. The minimum Gasteiger partial charge on any atom is -0.484 e. The number of likely N-dealkylation sites (tertiary alicyclic amines) is 1. The number of nitrogens with zero attached hydrogens (tertiary/aromatic N) is 1. The maximum Gasteiger partial charge on any atom is 0.137 e. The molecule has 0 saturated carbocycles. The van der Waals surface area contributed by atoms with Gasteiger partial charge in [0.05, 0.1) is 6.10 Å². The van der Waals surface area contributed by atoms with Gasteiger partial charge in [-0.15, -0.1) is 0 Å². The SMILES string of the molecule is Cc1cc2c(cc1C)C(O)CC1(CN(C(C)(C)C)C1)O2. The van der Waals surface area contributed by atoms with Gasteiger partial charge >= 0.3 is 0 Å². The highest BCUT2D eigenvalue weighted by atomic mass is 16.5. The molecule has 1 saturated heterocycles. The van der Waals surface area contributed by atoms with Crippen molar-refractivity contribution in [3.63, 3.8) is 0 Å². The Labute approximate surface area is 121 Å². The van der Waals surface area contributed by atoms with Crippen LogP contribution in [0.25, 0.3) is 0 Å². The van der Waals surface area contributed by atoms with Crippen LogP contribution in [0.15, 0.2) is 12.1 Å². The molecule has 0 amide bonds. The maximum absolute atomic E-state index is 10.5. The predicted molar refractivity (Wildman–Crippen MR) is 80.2 cm³/mol. The summed E-state index contributed by atoms with van der Waals surface area (Å²) in [6, 6.07) is 4.15. The molecule has 110 valence electrons. The Morgan fingerprint density at radius 1 is 1.20 bits per heavy atom. The molecule has 1 spiro atoms. The van der Waals surface area contributed by atoms with Gasteiger partial charge in [0.15, 0.2) is 0 Å². The van der Waals surface area contributed by atoms with E-state index in [1.54, 1.807) is 0 Å². The predicted octanol–water partition coefficient (Wildman–Crippen LogP) is 2.97. The van der Waals surface area contributed by atoms with E-state index in [2.05, 4.69) is 51.7 Å². The van der Waals surface area contributed by atoms with Crippen molar-refractivity contribution in [2.45, 2.75) is 58.3 Å². The van der Waals surface area contributed by atoms with Crippen LogP contribution in [0.4, 0.5) is 0 Å². The average Bonchev–Trinajstić information content (AvgIpc) is 2.27. The maximum atomic E-state index is 10.5. The van der Waals surface area contributed by atoms with Crippen LogP contribution < -0.4 is 4.74 Å². The molecule has 1 N–H and O–H groups in total. The van der Waals surface area contributed by atoms with Gasteiger partial charge in [-0.2, -0.15) is 0 Å². The van der Waals surface area contributed by atoms with Crippen molar-refractivity contribution < 1.29 is 9.84 Å². The van der Waals surface area contributed by atoms with Crippen molar-refractivity contribution in [1.29, 1.82) is 0 Å². The second-order valence-electron chi connectivity index (χ2n) is 7.51. The van der Waals surface area contributed by atoms with Crippen LogP contribution in [0.3, 0.4) is 0 Å². The standard InChI is InChI=1S/C17H25NO2/c1-11-6-13-14(19)8-17(20-15(13)7-12(11)2)9-18(10-17)16(3,4)5/h6-7,14,19H,8-10H2,1-5H3. The first-order chi connectivity index (χ1) is 9.20. The van der Waals surface area contributed by atoms with E-state index in [-0.39, 0.29) is 11.1 Å². The lowest BCUT2D eigenvalue weighted by Crippen LogP contribution is -2.70. The molecule has 0 aromatic heterocycles. The van der Waals surface area contributed by atoms with Crippen molar-refractivity contribution in [3.8, 4) is 5.75 Å². The molecular formula is C17H25NO2. The normalized spacial score (nSPS) is 25.0. The lowest BCUT2D eigenvalue weighted by molar-refractivity contribution is -0.143. The monoisotopic (exact) mass is 275 g/mol. The number of rotatable bonds is 0. The molecular weight excluding hydrogens is 250 g/mol. The fraction of sp³-hybridized carbons (Fsp3) is 0.647. The smallest absolute Gasteiger partial charge is 0.137 e. The minimum atomic E-state index is -0.403. The zero-order valence-electron chi connectivity index (χ0n) is 13.2. The van der Waals surface area contributed by atoms with Crippen LogP contribution in [0.2, 0.25) is 0 Å². The molecule has 1 aromatic carbocycles. The van der Waals surface area contributed by atoms with E-state index in [4.69, 9.17) is 4.74 Å².